The zero-order chi connectivity index (χ0) is 15.1. The Morgan fingerprint density at radius 1 is 1.35 bits per heavy atom. The van der Waals surface area contributed by atoms with Crippen molar-refractivity contribution in [2.45, 2.75) is 38.7 Å². The predicted octanol–water partition coefficient (Wildman–Crippen LogP) is 3.48. The van der Waals surface area contributed by atoms with E-state index in [0.717, 1.165) is 5.56 Å². The van der Waals surface area contributed by atoms with E-state index in [1.807, 2.05) is 26.8 Å². The number of alkyl halides is 2. The number of ether oxygens (including phenoxy) is 1. The molecule has 1 unspecified atom stereocenters. The van der Waals surface area contributed by atoms with Crippen LogP contribution in [0.25, 0.3) is 6.08 Å². The highest BCUT2D eigenvalue weighted by atomic mass is 19.3. The van der Waals surface area contributed by atoms with E-state index in [9.17, 15) is 13.6 Å². The van der Waals surface area contributed by atoms with Crippen LogP contribution in [-0.4, -0.2) is 23.6 Å². The van der Waals surface area contributed by atoms with Crippen molar-refractivity contribution in [2.24, 2.45) is 0 Å². The quantitative estimate of drug-likeness (QED) is 0.903. The van der Waals surface area contributed by atoms with Crippen molar-refractivity contribution in [3.05, 3.63) is 34.9 Å². The van der Waals surface area contributed by atoms with Crippen LogP contribution in [-0.2, 0) is 10.2 Å². The summed E-state index contributed by atoms with van der Waals surface area (Å²) in [5.41, 5.74) is 0.884. The Morgan fingerprint density at radius 2 is 2.00 bits per heavy atom. The maximum Gasteiger partial charge on any atom is 0.335 e. The number of hydrogen-bond acceptors (Lipinski definition) is 2. The molecule has 5 heteroatoms. The lowest BCUT2D eigenvalue weighted by atomic mass is 9.86. The highest BCUT2D eigenvalue weighted by Gasteiger charge is 2.35. The number of carboxylic acids is 1. The van der Waals surface area contributed by atoms with Gasteiger partial charge in [-0.05, 0) is 23.1 Å². The first-order chi connectivity index (χ1) is 9.20. The summed E-state index contributed by atoms with van der Waals surface area (Å²) in [6, 6.07) is 5.24. The molecule has 1 N–H and O–H groups in total. The van der Waals surface area contributed by atoms with Gasteiger partial charge in [-0.25, -0.2) is 13.6 Å². The lowest BCUT2D eigenvalue weighted by Crippen LogP contribution is -2.33. The van der Waals surface area contributed by atoms with Gasteiger partial charge < -0.3 is 9.84 Å². The number of carboxylic acid groups (broad SMARTS) is 1. The maximum absolute atomic E-state index is 12.9. The van der Waals surface area contributed by atoms with Crippen molar-refractivity contribution in [1.29, 1.82) is 0 Å². The van der Waals surface area contributed by atoms with E-state index < -0.39 is 24.1 Å². The third-order valence-corrected chi connectivity index (χ3v) is 3.23. The summed E-state index contributed by atoms with van der Waals surface area (Å²) in [6.45, 7) is 6.00. The Kier molecular flexibility index (Phi) is 3.54. The van der Waals surface area contributed by atoms with E-state index in [-0.39, 0.29) is 5.41 Å². The monoisotopic (exact) mass is 282 g/mol. The second-order valence-electron chi connectivity index (χ2n) is 5.78. The summed E-state index contributed by atoms with van der Waals surface area (Å²) in [4.78, 5) is 11.0. The van der Waals surface area contributed by atoms with Gasteiger partial charge in [0.1, 0.15) is 5.75 Å². The van der Waals surface area contributed by atoms with E-state index in [0.29, 0.717) is 11.3 Å². The Labute approximate surface area is 115 Å². The molecular formula is C15H16F2O3. The number of carbonyl (C=O) groups is 1. The molecule has 2 rings (SSSR count). The highest BCUT2D eigenvalue weighted by molar-refractivity contribution is 5.94. The van der Waals surface area contributed by atoms with Crippen LogP contribution in [0.3, 0.4) is 0 Å². The molecule has 0 aromatic heterocycles. The minimum absolute atomic E-state index is 0.143. The van der Waals surface area contributed by atoms with Crippen LogP contribution in [0.5, 0.6) is 5.75 Å². The van der Waals surface area contributed by atoms with E-state index in [2.05, 4.69) is 0 Å². The van der Waals surface area contributed by atoms with Crippen LogP contribution in [0.15, 0.2) is 23.8 Å². The van der Waals surface area contributed by atoms with Gasteiger partial charge in [-0.3, -0.25) is 0 Å². The molecule has 3 nitrogen and oxygen atoms in total. The van der Waals surface area contributed by atoms with Crippen LogP contribution in [0.4, 0.5) is 8.78 Å². The van der Waals surface area contributed by atoms with Gasteiger partial charge in [0.15, 0.2) is 6.10 Å². The molecule has 1 aromatic carbocycles. The standard InChI is InChI=1S/C15H16F2O3/c1-15(2,3)9-5-4-8-6-10(14(18)19)12(13(16)17)20-11(8)7-9/h4-7,12-13H,1-3H3,(H,18,19). The summed E-state index contributed by atoms with van der Waals surface area (Å²) in [5.74, 6) is -1.09. The molecule has 1 aromatic rings. The summed E-state index contributed by atoms with van der Waals surface area (Å²) < 4.78 is 31.1. The summed E-state index contributed by atoms with van der Waals surface area (Å²) in [7, 11) is 0. The van der Waals surface area contributed by atoms with Crippen LogP contribution in [0.1, 0.15) is 31.9 Å². The molecule has 1 aliphatic heterocycles. The van der Waals surface area contributed by atoms with Gasteiger partial charge >= 0.3 is 5.97 Å². The summed E-state index contributed by atoms with van der Waals surface area (Å²) in [6.07, 6.45) is -3.36. The van der Waals surface area contributed by atoms with Crippen molar-refractivity contribution in [2.75, 3.05) is 0 Å². The molecule has 1 heterocycles. The topological polar surface area (TPSA) is 46.5 Å². The first-order valence-corrected chi connectivity index (χ1v) is 6.24. The molecule has 0 saturated heterocycles. The average Bonchev–Trinajstić information content (AvgIpc) is 2.35. The molecule has 0 radical (unpaired) electrons. The maximum atomic E-state index is 12.9. The number of halogens is 2. The van der Waals surface area contributed by atoms with Crippen molar-refractivity contribution in [1.82, 2.24) is 0 Å². The van der Waals surface area contributed by atoms with Gasteiger partial charge in [-0.15, -0.1) is 0 Å². The van der Waals surface area contributed by atoms with Crippen molar-refractivity contribution >= 4 is 12.0 Å². The Balaban J connectivity index is 2.49. The minimum Gasteiger partial charge on any atom is -0.479 e. The average molecular weight is 282 g/mol. The second-order valence-corrected chi connectivity index (χ2v) is 5.78. The number of rotatable bonds is 2. The van der Waals surface area contributed by atoms with Gasteiger partial charge in [-0.1, -0.05) is 32.9 Å². The normalized spacial score (nSPS) is 18.3. The fourth-order valence-electron chi connectivity index (χ4n) is 2.04. The molecule has 0 amide bonds. The summed E-state index contributed by atoms with van der Waals surface area (Å²) in [5, 5.41) is 8.99. The highest BCUT2D eigenvalue weighted by Crippen LogP contribution is 2.35. The molecule has 1 aliphatic rings. The van der Waals surface area contributed by atoms with Gasteiger partial charge in [0.05, 0.1) is 5.57 Å². The van der Waals surface area contributed by atoms with Crippen molar-refractivity contribution in [3.63, 3.8) is 0 Å². The Bertz CT molecular complexity index is 571. The number of aliphatic carboxylic acids is 1. The molecular weight excluding hydrogens is 266 g/mol. The van der Waals surface area contributed by atoms with E-state index in [1.165, 1.54) is 6.08 Å². The lowest BCUT2D eigenvalue weighted by Gasteiger charge is -2.27. The fraction of sp³-hybridized carbons (Fsp3) is 0.400. The van der Waals surface area contributed by atoms with Gasteiger partial charge in [0.25, 0.3) is 6.43 Å². The largest absolute Gasteiger partial charge is 0.479 e. The summed E-state index contributed by atoms with van der Waals surface area (Å²) >= 11 is 0. The smallest absolute Gasteiger partial charge is 0.335 e. The minimum atomic E-state index is -2.89. The van der Waals surface area contributed by atoms with E-state index >= 15 is 0 Å². The third-order valence-electron chi connectivity index (χ3n) is 3.23. The van der Waals surface area contributed by atoms with Crippen LogP contribution < -0.4 is 4.74 Å². The second kappa shape index (κ2) is 4.89. The number of benzene rings is 1. The number of hydrogen-bond donors (Lipinski definition) is 1. The van der Waals surface area contributed by atoms with Crippen molar-refractivity contribution < 1.29 is 23.4 Å². The van der Waals surface area contributed by atoms with Gasteiger partial charge in [0, 0.05) is 5.56 Å². The SMILES string of the molecule is CC(C)(C)c1ccc2c(c1)OC(C(F)F)C(C(=O)O)=C2. The fourth-order valence-corrected chi connectivity index (χ4v) is 2.04. The molecule has 0 aliphatic carbocycles. The zero-order valence-corrected chi connectivity index (χ0v) is 11.5. The van der Waals surface area contributed by atoms with Crippen LogP contribution in [0.2, 0.25) is 0 Å². The van der Waals surface area contributed by atoms with Gasteiger partial charge in [0.2, 0.25) is 0 Å². The predicted molar refractivity (Wildman–Crippen MR) is 71.2 cm³/mol. The van der Waals surface area contributed by atoms with Gasteiger partial charge in [-0.2, -0.15) is 0 Å². The zero-order valence-electron chi connectivity index (χ0n) is 11.5. The van der Waals surface area contributed by atoms with E-state index in [1.54, 1.807) is 12.1 Å². The molecule has 1 atom stereocenters. The number of fused-ring (bicyclic) bond motifs is 1. The third kappa shape index (κ3) is 2.66. The first kappa shape index (κ1) is 14.5. The van der Waals surface area contributed by atoms with E-state index in [4.69, 9.17) is 9.84 Å². The first-order valence-electron chi connectivity index (χ1n) is 6.24. The molecule has 0 spiro atoms. The van der Waals surface area contributed by atoms with Crippen molar-refractivity contribution in [3.8, 4) is 5.75 Å². The van der Waals surface area contributed by atoms with Crippen LogP contribution >= 0.6 is 0 Å². The Hall–Kier alpha value is -1.91. The molecule has 108 valence electrons. The molecule has 0 fully saturated rings. The Morgan fingerprint density at radius 3 is 2.50 bits per heavy atom. The molecule has 0 saturated carbocycles. The van der Waals surface area contributed by atoms with Crippen LogP contribution in [0, 0.1) is 0 Å². The lowest BCUT2D eigenvalue weighted by molar-refractivity contribution is -0.134. The molecule has 20 heavy (non-hydrogen) atoms. The molecule has 0 bridgehead atoms.